The molecule has 0 saturated carbocycles. The van der Waals surface area contributed by atoms with Crippen molar-refractivity contribution in [3.63, 3.8) is 0 Å². The van der Waals surface area contributed by atoms with Crippen LogP contribution < -0.4 is 10.6 Å². The highest BCUT2D eigenvalue weighted by Gasteiger charge is 2.19. The van der Waals surface area contributed by atoms with Crippen LogP contribution in [-0.4, -0.2) is 40.3 Å². The third-order valence-corrected chi connectivity index (χ3v) is 4.62. The Morgan fingerprint density at radius 3 is 2.85 bits per heavy atom. The number of amides is 2. The van der Waals surface area contributed by atoms with Crippen molar-refractivity contribution >= 4 is 6.03 Å². The van der Waals surface area contributed by atoms with Gasteiger partial charge >= 0.3 is 6.03 Å². The van der Waals surface area contributed by atoms with E-state index in [0.717, 1.165) is 31.9 Å². The van der Waals surface area contributed by atoms with Gasteiger partial charge in [-0.1, -0.05) is 32.0 Å². The second-order valence-corrected chi connectivity index (χ2v) is 7.43. The minimum atomic E-state index is -0.265. The fraction of sp³-hybridized carbons (Fsp3) is 0.500. The number of nitrogens with one attached hydrogen (secondary N) is 2. The van der Waals surface area contributed by atoms with Crippen LogP contribution in [-0.2, 0) is 26.1 Å². The predicted molar refractivity (Wildman–Crippen MR) is 103 cm³/mol. The van der Waals surface area contributed by atoms with Crippen LogP contribution in [0.2, 0.25) is 0 Å². The number of aromatic nitrogens is 2. The van der Waals surface area contributed by atoms with Crippen molar-refractivity contribution in [1.29, 1.82) is 0 Å². The lowest BCUT2D eigenvalue weighted by Gasteiger charge is -2.28. The van der Waals surface area contributed by atoms with Crippen LogP contribution in [0.15, 0.2) is 30.3 Å². The van der Waals surface area contributed by atoms with Crippen LogP contribution in [0.1, 0.15) is 30.8 Å². The number of nitrogens with zero attached hydrogens (tertiary/aromatic N) is 3. The van der Waals surface area contributed by atoms with Crippen LogP contribution in [0.4, 0.5) is 9.18 Å². The van der Waals surface area contributed by atoms with E-state index >= 15 is 0 Å². The van der Waals surface area contributed by atoms with Crippen molar-refractivity contribution < 1.29 is 9.18 Å². The van der Waals surface area contributed by atoms with Crippen molar-refractivity contribution in [1.82, 2.24) is 25.3 Å². The van der Waals surface area contributed by atoms with E-state index in [1.54, 1.807) is 18.2 Å². The summed E-state index contributed by atoms with van der Waals surface area (Å²) in [6.07, 6.45) is 0.463. The number of carbonyl (C=O) groups is 1. The lowest BCUT2D eigenvalue weighted by molar-refractivity contribution is 0.192. The third-order valence-electron chi connectivity index (χ3n) is 4.62. The minimum Gasteiger partial charge on any atom is -0.338 e. The third kappa shape index (κ3) is 5.53. The number of fused-ring (bicyclic) bond motifs is 1. The molecule has 2 N–H and O–H groups in total. The Morgan fingerprint density at radius 1 is 1.26 bits per heavy atom. The van der Waals surface area contributed by atoms with Gasteiger partial charge in [-0.05, 0) is 30.0 Å². The van der Waals surface area contributed by atoms with Gasteiger partial charge in [0.25, 0.3) is 0 Å². The molecule has 3 rings (SSSR count). The highest BCUT2D eigenvalue weighted by molar-refractivity contribution is 5.73. The molecule has 2 amide bonds. The topological polar surface area (TPSA) is 62.2 Å². The average Bonchev–Trinajstić information content (AvgIpc) is 3.03. The fourth-order valence-electron chi connectivity index (χ4n) is 3.38. The molecule has 27 heavy (non-hydrogen) atoms. The molecule has 0 unspecified atom stereocenters. The van der Waals surface area contributed by atoms with E-state index in [9.17, 15) is 9.18 Å². The Kier molecular flexibility index (Phi) is 6.45. The van der Waals surface area contributed by atoms with Crippen molar-refractivity contribution in [2.24, 2.45) is 5.92 Å². The summed E-state index contributed by atoms with van der Waals surface area (Å²) in [6, 6.07) is 8.41. The Bertz CT molecular complexity index is 773. The molecular formula is C20H28FN5O. The minimum absolute atomic E-state index is 0.241. The maximum Gasteiger partial charge on any atom is 0.315 e. The highest BCUT2D eigenvalue weighted by Crippen LogP contribution is 2.15. The molecule has 0 fully saturated rings. The number of benzene rings is 1. The van der Waals surface area contributed by atoms with E-state index in [1.165, 1.54) is 11.8 Å². The van der Waals surface area contributed by atoms with Crippen molar-refractivity contribution in [2.75, 3.05) is 19.6 Å². The molecule has 0 aliphatic carbocycles. The van der Waals surface area contributed by atoms with Gasteiger partial charge in [-0.3, -0.25) is 9.58 Å². The van der Waals surface area contributed by atoms with Gasteiger partial charge in [0.05, 0.1) is 24.5 Å². The van der Waals surface area contributed by atoms with Gasteiger partial charge in [0.1, 0.15) is 5.82 Å². The zero-order chi connectivity index (χ0) is 19.2. The number of carbonyl (C=O) groups excluding carboxylic acids is 1. The zero-order valence-electron chi connectivity index (χ0n) is 16.0. The van der Waals surface area contributed by atoms with Gasteiger partial charge in [0.15, 0.2) is 0 Å². The molecule has 6 nitrogen and oxygen atoms in total. The number of rotatable bonds is 7. The molecule has 0 spiro atoms. The normalized spacial score (nSPS) is 14.2. The summed E-state index contributed by atoms with van der Waals surface area (Å²) in [6.45, 7) is 9.11. The molecule has 0 saturated heterocycles. The summed E-state index contributed by atoms with van der Waals surface area (Å²) in [5.41, 5.74) is 2.66. The van der Waals surface area contributed by atoms with E-state index in [2.05, 4.69) is 40.5 Å². The molecule has 7 heteroatoms. The van der Waals surface area contributed by atoms with E-state index in [4.69, 9.17) is 0 Å². The van der Waals surface area contributed by atoms with E-state index in [1.807, 2.05) is 4.68 Å². The first-order chi connectivity index (χ1) is 13.0. The zero-order valence-corrected chi connectivity index (χ0v) is 16.0. The second-order valence-electron chi connectivity index (χ2n) is 7.43. The molecule has 146 valence electrons. The molecule has 2 aromatic rings. The fourth-order valence-corrected chi connectivity index (χ4v) is 3.38. The van der Waals surface area contributed by atoms with Gasteiger partial charge in [-0.25, -0.2) is 9.18 Å². The summed E-state index contributed by atoms with van der Waals surface area (Å²) < 4.78 is 15.6. The van der Waals surface area contributed by atoms with Crippen molar-refractivity contribution in [2.45, 2.75) is 39.9 Å². The van der Waals surface area contributed by atoms with Gasteiger partial charge in [0, 0.05) is 26.2 Å². The molecule has 1 aliphatic heterocycles. The van der Waals surface area contributed by atoms with Crippen LogP contribution in [0.3, 0.4) is 0 Å². The van der Waals surface area contributed by atoms with Gasteiger partial charge < -0.3 is 10.6 Å². The van der Waals surface area contributed by atoms with Crippen LogP contribution in [0.25, 0.3) is 0 Å². The standard InChI is InChI=1S/C20H28FN5O/c1-15(2)13-25-9-10-26-18(14-25)11-17(24-26)12-23-20(27)22-8-7-16-5-3-4-6-19(16)21/h3-6,11,15H,7-10,12-14H2,1-2H3,(H2,22,23,27). The quantitative estimate of drug-likeness (QED) is 0.784. The lowest BCUT2D eigenvalue weighted by atomic mass is 10.1. The van der Waals surface area contributed by atoms with Crippen LogP contribution >= 0.6 is 0 Å². The maximum atomic E-state index is 13.6. The van der Waals surface area contributed by atoms with Gasteiger partial charge in [0.2, 0.25) is 0 Å². The second kappa shape index (κ2) is 8.99. The van der Waals surface area contributed by atoms with Crippen molar-refractivity contribution in [3.05, 3.63) is 53.1 Å². The summed E-state index contributed by atoms with van der Waals surface area (Å²) in [5, 5.41) is 10.2. The van der Waals surface area contributed by atoms with E-state index < -0.39 is 0 Å². The van der Waals surface area contributed by atoms with Crippen molar-refractivity contribution in [3.8, 4) is 0 Å². The molecular weight excluding hydrogens is 345 g/mol. The molecule has 2 heterocycles. The number of hydrogen-bond donors (Lipinski definition) is 2. The molecule has 0 radical (unpaired) electrons. The first-order valence-corrected chi connectivity index (χ1v) is 9.54. The number of hydrogen-bond acceptors (Lipinski definition) is 3. The number of urea groups is 1. The maximum absolute atomic E-state index is 13.6. The Labute approximate surface area is 159 Å². The average molecular weight is 373 g/mol. The highest BCUT2D eigenvalue weighted by atomic mass is 19.1. The summed E-state index contributed by atoms with van der Waals surface area (Å²) in [5.74, 6) is 0.406. The molecule has 0 bridgehead atoms. The summed E-state index contributed by atoms with van der Waals surface area (Å²) >= 11 is 0. The van der Waals surface area contributed by atoms with E-state index in [-0.39, 0.29) is 11.8 Å². The first kappa shape index (κ1) is 19.4. The molecule has 1 aromatic carbocycles. The van der Waals surface area contributed by atoms with Crippen LogP contribution in [0.5, 0.6) is 0 Å². The SMILES string of the molecule is CC(C)CN1CCn2nc(CNC(=O)NCCc3ccccc3F)cc2C1. The van der Waals surface area contributed by atoms with Crippen LogP contribution in [0, 0.1) is 11.7 Å². The van der Waals surface area contributed by atoms with Gasteiger partial charge in [-0.2, -0.15) is 5.10 Å². The lowest BCUT2D eigenvalue weighted by Crippen LogP contribution is -2.36. The Hall–Kier alpha value is -2.41. The smallest absolute Gasteiger partial charge is 0.315 e. The largest absolute Gasteiger partial charge is 0.338 e. The summed E-state index contributed by atoms with van der Waals surface area (Å²) in [4.78, 5) is 14.4. The molecule has 1 aromatic heterocycles. The predicted octanol–water partition coefficient (Wildman–Crippen LogP) is 2.54. The monoisotopic (exact) mass is 373 g/mol. The summed E-state index contributed by atoms with van der Waals surface area (Å²) in [7, 11) is 0. The molecule has 0 atom stereocenters. The molecule has 1 aliphatic rings. The first-order valence-electron chi connectivity index (χ1n) is 9.54. The van der Waals surface area contributed by atoms with Gasteiger partial charge in [-0.15, -0.1) is 0 Å². The Balaban J connectivity index is 1.42. The Morgan fingerprint density at radius 2 is 2.07 bits per heavy atom. The van der Waals surface area contributed by atoms with E-state index in [0.29, 0.717) is 31.0 Å². The number of halogens is 1.